The maximum absolute atomic E-state index is 13.3. The van der Waals surface area contributed by atoms with Crippen molar-refractivity contribution < 1.29 is 9.53 Å². The molecular formula is C21H14ClN3O2S. The lowest BCUT2D eigenvalue weighted by molar-refractivity contribution is -0.161. The molecule has 1 N–H and O–H groups in total. The van der Waals surface area contributed by atoms with Crippen LogP contribution in [0, 0.1) is 0 Å². The second-order valence-corrected chi connectivity index (χ2v) is 8.40. The van der Waals surface area contributed by atoms with E-state index in [2.05, 4.69) is 11.4 Å². The number of benzene rings is 2. The summed E-state index contributed by atoms with van der Waals surface area (Å²) >= 11 is 7.93. The van der Waals surface area contributed by atoms with Crippen molar-refractivity contribution in [1.29, 1.82) is 0 Å². The van der Waals surface area contributed by atoms with E-state index >= 15 is 0 Å². The molecule has 2 atom stereocenters. The van der Waals surface area contributed by atoms with Gasteiger partial charge in [-0.2, -0.15) is 5.10 Å². The lowest BCUT2D eigenvalue weighted by Gasteiger charge is -2.44. The van der Waals surface area contributed by atoms with Crippen LogP contribution >= 0.6 is 22.9 Å². The second-order valence-electron chi connectivity index (χ2n) is 7.02. The fourth-order valence-electron chi connectivity index (χ4n) is 4.25. The Kier molecular flexibility index (Phi) is 3.23. The first-order chi connectivity index (χ1) is 13.7. The summed E-state index contributed by atoms with van der Waals surface area (Å²) in [5.41, 5.74) is 2.03. The van der Waals surface area contributed by atoms with Crippen LogP contribution in [0.4, 0.5) is 5.69 Å². The number of hydrogen-bond donors (Lipinski definition) is 1. The molecule has 5 nitrogen and oxygen atoms in total. The van der Waals surface area contributed by atoms with Gasteiger partial charge < -0.3 is 10.1 Å². The summed E-state index contributed by atoms with van der Waals surface area (Å²) < 4.78 is 6.41. The Morgan fingerprint density at radius 3 is 2.96 bits per heavy atom. The van der Waals surface area contributed by atoms with Gasteiger partial charge in [-0.1, -0.05) is 35.9 Å². The number of rotatable bonds is 1. The SMILES string of the molecule is O=C1Nc2ccc(Cl)cc2[C@@]12Oc1ccccc1[C@@H]1CC(c3cccs3)=NN12. The standard InChI is InChI=1S/C21H14ClN3O2S/c22-12-7-8-15-14(10-12)21(20(26)23-15)25-17(13-4-1-2-5-18(13)27-21)11-16(24-25)19-6-3-9-28-19/h1-10,17H,11H2,(H,23,26)/t17-,21+/m0/s1. The molecule has 0 unspecified atom stereocenters. The topological polar surface area (TPSA) is 53.9 Å². The van der Waals surface area contributed by atoms with E-state index in [1.54, 1.807) is 23.5 Å². The van der Waals surface area contributed by atoms with Crippen LogP contribution in [-0.2, 0) is 10.5 Å². The highest BCUT2D eigenvalue weighted by Gasteiger charge is 2.60. The molecule has 0 fully saturated rings. The van der Waals surface area contributed by atoms with Crippen molar-refractivity contribution in [2.45, 2.75) is 18.2 Å². The molecule has 2 aromatic carbocycles. The van der Waals surface area contributed by atoms with Crippen LogP contribution in [0.3, 0.4) is 0 Å². The molecule has 3 aromatic rings. The summed E-state index contributed by atoms with van der Waals surface area (Å²) in [5, 5.41) is 12.3. The number of fused-ring (bicyclic) bond motifs is 6. The number of nitrogens with zero attached hydrogens (tertiary/aromatic N) is 2. The van der Waals surface area contributed by atoms with E-state index in [0.717, 1.165) is 16.2 Å². The third-order valence-corrected chi connectivity index (χ3v) is 6.63. The highest BCUT2D eigenvalue weighted by Crippen LogP contribution is 2.54. The van der Waals surface area contributed by atoms with E-state index < -0.39 is 5.72 Å². The minimum absolute atomic E-state index is 0.0854. The van der Waals surface area contributed by atoms with Crippen molar-refractivity contribution in [3.05, 3.63) is 81.0 Å². The molecule has 0 saturated carbocycles. The summed E-state index contributed by atoms with van der Waals surface area (Å²) in [7, 11) is 0. The maximum Gasteiger partial charge on any atom is 0.306 e. The summed E-state index contributed by atoms with van der Waals surface area (Å²) in [6.07, 6.45) is 0.714. The predicted octanol–water partition coefficient (Wildman–Crippen LogP) is 4.75. The predicted molar refractivity (Wildman–Crippen MR) is 109 cm³/mol. The molecular weight excluding hydrogens is 394 g/mol. The van der Waals surface area contributed by atoms with Crippen molar-refractivity contribution in [3.8, 4) is 5.75 Å². The molecule has 0 saturated heterocycles. The number of amides is 1. The minimum Gasteiger partial charge on any atom is -0.453 e. The number of para-hydroxylation sites is 1. The van der Waals surface area contributed by atoms with Gasteiger partial charge in [0, 0.05) is 17.0 Å². The third-order valence-electron chi connectivity index (χ3n) is 5.48. The Balaban J connectivity index is 1.60. The first-order valence-corrected chi connectivity index (χ1v) is 10.2. The van der Waals surface area contributed by atoms with Crippen LogP contribution in [0.1, 0.15) is 28.5 Å². The number of nitrogens with one attached hydrogen (secondary N) is 1. The van der Waals surface area contributed by atoms with Crippen molar-refractivity contribution in [1.82, 2.24) is 5.01 Å². The van der Waals surface area contributed by atoms with Gasteiger partial charge in [0.2, 0.25) is 0 Å². The summed E-state index contributed by atoms with van der Waals surface area (Å²) in [4.78, 5) is 14.4. The van der Waals surface area contributed by atoms with Gasteiger partial charge >= 0.3 is 5.72 Å². The number of thiophene rings is 1. The minimum atomic E-state index is -1.36. The van der Waals surface area contributed by atoms with Crippen LogP contribution in [0.25, 0.3) is 0 Å². The van der Waals surface area contributed by atoms with E-state index in [-0.39, 0.29) is 11.9 Å². The van der Waals surface area contributed by atoms with Gasteiger partial charge in [-0.3, -0.25) is 4.79 Å². The Labute approximate surface area is 170 Å². The highest BCUT2D eigenvalue weighted by molar-refractivity contribution is 7.12. The van der Waals surface area contributed by atoms with Gasteiger partial charge in [0.15, 0.2) is 0 Å². The summed E-state index contributed by atoms with van der Waals surface area (Å²) in [6, 6.07) is 17.2. The van der Waals surface area contributed by atoms with E-state index in [1.165, 1.54) is 0 Å². The Morgan fingerprint density at radius 2 is 2.11 bits per heavy atom. The molecule has 3 aliphatic heterocycles. The van der Waals surface area contributed by atoms with Crippen LogP contribution < -0.4 is 10.1 Å². The first kappa shape index (κ1) is 16.2. The first-order valence-electron chi connectivity index (χ1n) is 8.97. The third kappa shape index (κ3) is 2.02. The van der Waals surface area contributed by atoms with Gasteiger partial charge in [0.1, 0.15) is 5.75 Å². The molecule has 0 aliphatic carbocycles. The Hall–Kier alpha value is -2.83. The second kappa shape index (κ2) is 5.59. The lowest BCUT2D eigenvalue weighted by atomic mass is 9.93. The zero-order valence-electron chi connectivity index (χ0n) is 14.6. The number of hydrazone groups is 1. The van der Waals surface area contributed by atoms with Gasteiger partial charge in [0.25, 0.3) is 5.91 Å². The van der Waals surface area contributed by atoms with Crippen molar-refractivity contribution in [3.63, 3.8) is 0 Å². The van der Waals surface area contributed by atoms with E-state index in [0.29, 0.717) is 28.4 Å². The molecule has 6 rings (SSSR count). The number of carbonyl (C=O) groups is 1. The monoisotopic (exact) mass is 407 g/mol. The van der Waals surface area contributed by atoms with Gasteiger partial charge in [-0.05, 0) is 35.7 Å². The van der Waals surface area contributed by atoms with Crippen molar-refractivity contribution >= 4 is 40.2 Å². The number of hydrogen-bond acceptors (Lipinski definition) is 5. The quantitative estimate of drug-likeness (QED) is 0.633. The molecule has 7 heteroatoms. The van der Waals surface area contributed by atoms with Crippen LogP contribution in [0.5, 0.6) is 5.75 Å². The largest absolute Gasteiger partial charge is 0.453 e. The van der Waals surface area contributed by atoms with Crippen molar-refractivity contribution in [2.75, 3.05) is 5.32 Å². The number of carbonyl (C=O) groups excluding carboxylic acids is 1. The number of ether oxygens (including phenoxy) is 1. The molecule has 0 bridgehead atoms. The molecule has 1 amide bonds. The lowest BCUT2D eigenvalue weighted by Crippen LogP contribution is -2.55. The molecule has 28 heavy (non-hydrogen) atoms. The molecule has 0 radical (unpaired) electrons. The molecule has 4 heterocycles. The van der Waals surface area contributed by atoms with Crippen LogP contribution in [0.15, 0.2) is 65.1 Å². The Bertz CT molecular complexity index is 1160. The van der Waals surface area contributed by atoms with E-state index in [9.17, 15) is 4.79 Å². The highest BCUT2D eigenvalue weighted by atomic mass is 35.5. The average Bonchev–Trinajstić information content (AvgIpc) is 3.42. The summed E-state index contributed by atoms with van der Waals surface area (Å²) in [5.74, 6) is 0.454. The fourth-order valence-corrected chi connectivity index (χ4v) is 5.15. The van der Waals surface area contributed by atoms with Crippen LogP contribution in [0.2, 0.25) is 5.02 Å². The molecule has 138 valence electrons. The molecule has 3 aliphatic rings. The number of halogens is 1. The average molecular weight is 408 g/mol. The fraction of sp³-hybridized carbons (Fsp3) is 0.143. The van der Waals surface area contributed by atoms with Crippen LogP contribution in [-0.4, -0.2) is 16.6 Å². The van der Waals surface area contributed by atoms with Gasteiger partial charge in [-0.15, -0.1) is 11.3 Å². The van der Waals surface area contributed by atoms with Gasteiger partial charge in [-0.25, -0.2) is 5.01 Å². The van der Waals surface area contributed by atoms with E-state index in [4.69, 9.17) is 21.4 Å². The van der Waals surface area contributed by atoms with E-state index in [1.807, 2.05) is 46.8 Å². The van der Waals surface area contributed by atoms with Crippen molar-refractivity contribution in [2.24, 2.45) is 5.10 Å². The zero-order valence-corrected chi connectivity index (χ0v) is 16.1. The van der Waals surface area contributed by atoms with Gasteiger partial charge in [0.05, 0.1) is 27.9 Å². The zero-order chi connectivity index (χ0) is 18.9. The maximum atomic E-state index is 13.3. The smallest absolute Gasteiger partial charge is 0.306 e. The molecule has 1 aromatic heterocycles. The molecule has 1 spiro atoms. The normalized spacial score (nSPS) is 24.3. The Morgan fingerprint density at radius 1 is 1.21 bits per heavy atom. The number of anilines is 1. The summed E-state index contributed by atoms with van der Waals surface area (Å²) in [6.45, 7) is 0.